The molecule has 0 saturated carbocycles. The lowest BCUT2D eigenvalue weighted by Gasteiger charge is -2.16. The maximum absolute atomic E-state index is 12.5. The van der Waals surface area contributed by atoms with Gasteiger partial charge in [-0.25, -0.2) is 5.43 Å². The highest BCUT2D eigenvalue weighted by molar-refractivity contribution is 5.96. The lowest BCUT2D eigenvalue weighted by molar-refractivity contribution is 0.0954. The number of ether oxygens (including phenoxy) is 3. The van der Waals surface area contributed by atoms with Gasteiger partial charge in [-0.15, -0.1) is 0 Å². The molecule has 0 bridgehead atoms. The van der Waals surface area contributed by atoms with Crippen LogP contribution in [0, 0.1) is 6.92 Å². The molecule has 0 aliphatic rings. The maximum atomic E-state index is 12.5. The lowest BCUT2D eigenvalue weighted by atomic mass is 10.1. The number of benzene rings is 2. The van der Waals surface area contributed by atoms with Crippen molar-refractivity contribution in [2.75, 3.05) is 19.8 Å². The Balaban J connectivity index is 2.25. The summed E-state index contributed by atoms with van der Waals surface area (Å²) in [6.45, 7) is 8.96. The molecule has 144 valence electrons. The molecule has 0 unspecified atom stereocenters. The summed E-state index contributed by atoms with van der Waals surface area (Å²) in [7, 11) is 0. The first-order chi connectivity index (χ1) is 13.1. The Morgan fingerprint density at radius 1 is 1.00 bits per heavy atom. The van der Waals surface area contributed by atoms with Gasteiger partial charge in [-0.3, -0.25) is 4.79 Å². The second-order valence-corrected chi connectivity index (χ2v) is 5.66. The zero-order valence-corrected chi connectivity index (χ0v) is 16.2. The molecule has 0 aliphatic carbocycles. The molecule has 2 aromatic rings. The van der Waals surface area contributed by atoms with Crippen LogP contribution in [-0.4, -0.2) is 31.9 Å². The Labute approximate surface area is 160 Å². The van der Waals surface area contributed by atoms with E-state index < -0.39 is 0 Å². The molecule has 0 atom stereocenters. The van der Waals surface area contributed by atoms with Gasteiger partial charge in [-0.05, 0) is 51.0 Å². The third-order valence-electron chi connectivity index (χ3n) is 3.73. The van der Waals surface area contributed by atoms with E-state index in [1.165, 1.54) is 0 Å². The molecular formula is C21H26N2O4. The molecule has 0 aliphatic heterocycles. The predicted octanol–water partition coefficient (Wildman–Crippen LogP) is 3.96. The summed E-state index contributed by atoms with van der Waals surface area (Å²) in [5, 5.41) is 4.05. The van der Waals surface area contributed by atoms with Crippen LogP contribution in [0.25, 0.3) is 0 Å². The van der Waals surface area contributed by atoms with Crippen LogP contribution < -0.4 is 19.6 Å². The van der Waals surface area contributed by atoms with Crippen LogP contribution >= 0.6 is 0 Å². The van der Waals surface area contributed by atoms with Crippen LogP contribution in [0.5, 0.6) is 17.2 Å². The molecule has 0 saturated heterocycles. The summed E-state index contributed by atoms with van der Waals surface area (Å²) >= 11 is 0. The number of hydrogen-bond donors (Lipinski definition) is 1. The average molecular weight is 370 g/mol. The molecule has 0 aromatic heterocycles. The highest BCUT2D eigenvalue weighted by Crippen LogP contribution is 2.39. The van der Waals surface area contributed by atoms with Crippen LogP contribution in [0.3, 0.4) is 0 Å². The Morgan fingerprint density at radius 3 is 2.15 bits per heavy atom. The standard InChI is InChI=1S/C21H26N2O4/c1-5-25-18-12-17(13-19(26-6-2)20(18)27-7-3)21(24)23-22-14-16-11-9-8-10-15(16)4/h8-14H,5-7H2,1-4H3,(H,23,24). The molecule has 1 N–H and O–H groups in total. The predicted molar refractivity (Wildman–Crippen MR) is 106 cm³/mol. The smallest absolute Gasteiger partial charge is 0.271 e. The minimum atomic E-state index is -0.357. The third-order valence-corrected chi connectivity index (χ3v) is 3.73. The van der Waals surface area contributed by atoms with Crippen molar-refractivity contribution in [3.8, 4) is 17.2 Å². The maximum Gasteiger partial charge on any atom is 0.271 e. The Hall–Kier alpha value is -3.02. The summed E-state index contributed by atoms with van der Waals surface area (Å²) in [6.07, 6.45) is 1.62. The fraction of sp³-hybridized carbons (Fsp3) is 0.333. The fourth-order valence-corrected chi connectivity index (χ4v) is 2.48. The van der Waals surface area contributed by atoms with Crippen LogP contribution in [-0.2, 0) is 0 Å². The molecular weight excluding hydrogens is 344 g/mol. The van der Waals surface area contributed by atoms with Crippen LogP contribution in [0.15, 0.2) is 41.5 Å². The number of hydrogen-bond acceptors (Lipinski definition) is 5. The molecule has 0 spiro atoms. The lowest BCUT2D eigenvalue weighted by Crippen LogP contribution is -2.18. The SMILES string of the molecule is CCOc1cc(C(=O)NN=Cc2ccccc2C)cc(OCC)c1OCC. The van der Waals surface area contributed by atoms with Crippen molar-refractivity contribution in [2.24, 2.45) is 5.10 Å². The molecule has 2 aromatic carbocycles. The average Bonchev–Trinajstić information content (AvgIpc) is 2.66. The van der Waals surface area contributed by atoms with E-state index in [0.717, 1.165) is 11.1 Å². The number of amides is 1. The number of nitrogens with zero attached hydrogens (tertiary/aromatic N) is 1. The summed E-state index contributed by atoms with van der Waals surface area (Å²) < 4.78 is 16.9. The number of rotatable bonds is 9. The van der Waals surface area contributed by atoms with Gasteiger partial charge in [0.05, 0.1) is 26.0 Å². The number of carbonyl (C=O) groups excluding carboxylic acids is 1. The van der Waals surface area contributed by atoms with Gasteiger partial charge in [0.1, 0.15) is 0 Å². The Bertz CT molecular complexity index is 776. The van der Waals surface area contributed by atoms with E-state index in [-0.39, 0.29) is 5.91 Å². The van der Waals surface area contributed by atoms with E-state index in [4.69, 9.17) is 14.2 Å². The summed E-state index contributed by atoms with van der Waals surface area (Å²) in [6, 6.07) is 11.1. The minimum Gasteiger partial charge on any atom is -0.490 e. The normalized spacial score (nSPS) is 10.7. The van der Waals surface area contributed by atoms with Crippen molar-refractivity contribution in [1.82, 2.24) is 5.43 Å². The van der Waals surface area contributed by atoms with Crippen molar-refractivity contribution in [1.29, 1.82) is 0 Å². The van der Waals surface area contributed by atoms with Crippen LogP contribution in [0.1, 0.15) is 42.3 Å². The molecule has 0 heterocycles. The fourth-order valence-electron chi connectivity index (χ4n) is 2.48. The van der Waals surface area contributed by atoms with Gasteiger partial charge in [0.2, 0.25) is 5.75 Å². The number of carbonyl (C=O) groups is 1. The van der Waals surface area contributed by atoms with E-state index in [9.17, 15) is 4.79 Å². The molecule has 1 amide bonds. The third kappa shape index (κ3) is 5.48. The molecule has 2 rings (SSSR count). The quantitative estimate of drug-likeness (QED) is 0.536. The van der Waals surface area contributed by atoms with Gasteiger partial charge in [0.15, 0.2) is 11.5 Å². The molecule has 0 fully saturated rings. The van der Waals surface area contributed by atoms with Crippen molar-refractivity contribution < 1.29 is 19.0 Å². The van der Waals surface area contributed by atoms with Gasteiger partial charge in [0, 0.05) is 5.56 Å². The number of aryl methyl sites for hydroxylation is 1. The first-order valence-electron chi connectivity index (χ1n) is 9.06. The largest absolute Gasteiger partial charge is 0.490 e. The molecule has 27 heavy (non-hydrogen) atoms. The van der Waals surface area contributed by atoms with E-state index in [0.29, 0.717) is 42.6 Å². The summed E-state index contributed by atoms with van der Waals surface area (Å²) in [4.78, 5) is 12.5. The molecule has 0 radical (unpaired) electrons. The zero-order valence-electron chi connectivity index (χ0n) is 16.2. The van der Waals surface area contributed by atoms with E-state index in [2.05, 4.69) is 10.5 Å². The zero-order chi connectivity index (χ0) is 19.6. The summed E-state index contributed by atoms with van der Waals surface area (Å²) in [5.74, 6) is 1.09. The van der Waals surface area contributed by atoms with E-state index in [1.54, 1.807) is 18.3 Å². The van der Waals surface area contributed by atoms with Gasteiger partial charge < -0.3 is 14.2 Å². The first-order valence-corrected chi connectivity index (χ1v) is 9.06. The minimum absolute atomic E-state index is 0.357. The highest BCUT2D eigenvalue weighted by atomic mass is 16.5. The van der Waals surface area contributed by atoms with Gasteiger partial charge in [0.25, 0.3) is 5.91 Å². The van der Waals surface area contributed by atoms with Gasteiger partial charge >= 0.3 is 0 Å². The van der Waals surface area contributed by atoms with Crippen molar-refractivity contribution in [3.05, 3.63) is 53.1 Å². The van der Waals surface area contributed by atoms with Crippen molar-refractivity contribution in [2.45, 2.75) is 27.7 Å². The highest BCUT2D eigenvalue weighted by Gasteiger charge is 2.18. The number of nitrogens with one attached hydrogen (secondary N) is 1. The summed E-state index contributed by atoms with van der Waals surface area (Å²) in [5.41, 5.74) is 4.94. The topological polar surface area (TPSA) is 69.2 Å². The van der Waals surface area contributed by atoms with Crippen LogP contribution in [0.4, 0.5) is 0 Å². The van der Waals surface area contributed by atoms with Gasteiger partial charge in [-0.2, -0.15) is 5.10 Å². The molecule has 6 nitrogen and oxygen atoms in total. The monoisotopic (exact) mass is 370 g/mol. The number of hydrazone groups is 1. The second-order valence-electron chi connectivity index (χ2n) is 5.66. The Kier molecular flexibility index (Phi) is 7.67. The van der Waals surface area contributed by atoms with Crippen molar-refractivity contribution in [3.63, 3.8) is 0 Å². The van der Waals surface area contributed by atoms with Crippen LogP contribution in [0.2, 0.25) is 0 Å². The van der Waals surface area contributed by atoms with Gasteiger partial charge in [-0.1, -0.05) is 24.3 Å². The first kappa shape index (κ1) is 20.3. The van der Waals surface area contributed by atoms with Crippen molar-refractivity contribution >= 4 is 12.1 Å². The van der Waals surface area contributed by atoms with E-state index in [1.807, 2.05) is 52.0 Å². The molecule has 6 heteroatoms. The van der Waals surface area contributed by atoms with E-state index >= 15 is 0 Å². The second kappa shape index (κ2) is 10.2. The Morgan fingerprint density at radius 2 is 1.59 bits per heavy atom.